The number of imidazole rings is 3. The summed E-state index contributed by atoms with van der Waals surface area (Å²) in [6, 6.07) is 23.7. The van der Waals surface area contributed by atoms with Crippen molar-refractivity contribution in [1.82, 2.24) is 33.6 Å². The second-order valence-corrected chi connectivity index (χ2v) is 13.1. The van der Waals surface area contributed by atoms with Gasteiger partial charge in [0.25, 0.3) is 0 Å². The van der Waals surface area contributed by atoms with E-state index in [4.69, 9.17) is 15.0 Å². The van der Waals surface area contributed by atoms with Gasteiger partial charge in [-0.05, 0) is 94.2 Å². The van der Waals surface area contributed by atoms with E-state index in [0.29, 0.717) is 77.8 Å². The summed E-state index contributed by atoms with van der Waals surface area (Å²) in [6.45, 7) is 3.05. The first-order chi connectivity index (χ1) is 25.3. The van der Waals surface area contributed by atoms with Gasteiger partial charge in [-0.3, -0.25) is 4.90 Å². The molecule has 0 aliphatic heterocycles. The fraction of sp³-hybridized carbons (Fsp3) is 0.385. The Hall–Kier alpha value is -0.651. The molecule has 3 heterocycles. The van der Waals surface area contributed by atoms with Crippen molar-refractivity contribution in [3.8, 4) is 0 Å². The second kappa shape index (κ2) is 24.4. The number of aryl methyl sites for hydroxylation is 3. The van der Waals surface area contributed by atoms with Gasteiger partial charge in [-0.15, -0.1) is 0 Å². The molecule has 6 aromatic rings. The monoisotopic (exact) mass is 821 g/mol. The smallest absolute Gasteiger partial charge is 0.550 e. The first-order valence-corrected chi connectivity index (χ1v) is 17.9. The number of hydrogen-bond donors (Lipinski definition) is 0. The first-order valence-electron chi connectivity index (χ1n) is 17.9. The third-order valence-corrected chi connectivity index (χ3v) is 9.33. The molecule has 16 heteroatoms. The van der Waals surface area contributed by atoms with Crippen molar-refractivity contribution in [2.45, 2.75) is 97.1 Å². The van der Waals surface area contributed by atoms with Crippen LogP contribution in [0.2, 0.25) is 0 Å². The summed E-state index contributed by atoms with van der Waals surface area (Å²) < 4.78 is 6.47. The van der Waals surface area contributed by atoms with Gasteiger partial charge in [0.1, 0.15) is 17.5 Å². The minimum absolute atomic E-state index is 0. The molecular weight excluding hydrogens is 780 g/mol. The summed E-state index contributed by atoms with van der Waals surface area (Å²) in [5, 5.41) is 33.4. The number of aliphatic carboxylic acids is 3. The number of hydrogen-bond acceptors (Lipinski definition) is 10. The maximum absolute atomic E-state index is 11.1. The Morgan fingerprint density at radius 1 is 0.455 bits per heavy atom. The molecule has 0 atom stereocenters. The molecular formula is C39H42K3N7O6. The van der Waals surface area contributed by atoms with Gasteiger partial charge in [-0.1, -0.05) is 36.4 Å². The van der Waals surface area contributed by atoms with E-state index in [0.717, 1.165) is 50.6 Å². The van der Waals surface area contributed by atoms with Gasteiger partial charge in [0.2, 0.25) is 0 Å². The Labute approximate surface area is 447 Å². The van der Waals surface area contributed by atoms with Crippen molar-refractivity contribution in [3.63, 3.8) is 0 Å². The van der Waals surface area contributed by atoms with Gasteiger partial charge in [-0.2, -0.15) is 0 Å². The summed E-state index contributed by atoms with van der Waals surface area (Å²) >= 11 is 0. The third kappa shape index (κ3) is 13.7. The molecule has 0 spiro atoms. The van der Waals surface area contributed by atoms with E-state index >= 15 is 0 Å². The van der Waals surface area contributed by atoms with Crippen LogP contribution < -0.4 is 169 Å². The average Bonchev–Trinajstić information content (AvgIpc) is 3.77. The van der Waals surface area contributed by atoms with E-state index in [1.54, 1.807) is 0 Å². The Bertz CT molecular complexity index is 1940. The number of carbonyl (C=O) groups is 3. The molecule has 0 aliphatic carbocycles. The zero-order chi connectivity index (χ0) is 36.5. The van der Waals surface area contributed by atoms with Crippen LogP contribution in [0.3, 0.4) is 0 Å². The molecule has 0 radical (unpaired) electrons. The molecule has 0 fully saturated rings. The number of carboxylic acids is 3. The van der Waals surface area contributed by atoms with Crippen LogP contribution in [0.25, 0.3) is 33.1 Å². The number of para-hydroxylation sites is 6. The Morgan fingerprint density at radius 3 is 1.00 bits per heavy atom. The van der Waals surface area contributed by atoms with Crippen molar-refractivity contribution < 1.29 is 184 Å². The van der Waals surface area contributed by atoms with Gasteiger partial charge in [0, 0.05) is 37.5 Å². The van der Waals surface area contributed by atoms with Crippen LogP contribution in [0.15, 0.2) is 72.8 Å². The van der Waals surface area contributed by atoms with E-state index in [1.807, 2.05) is 72.8 Å². The zero-order valence-corrected chi connectivity index (χ0v) is 41.5. The van der Waals surface area contributed by atoms with Crippen LogP contribution in [0.4, 0.5) is 0 Å². The topological polar surface area (TPSA) is 177 Å². The summed E-state index contributed by atoms with van der Waals surface area (Å²) in [6.07, 6.45) is 3.37. The molecule has 0 N–H and O–H groups in total. The Morgan fingerprint density at radius 2 is 0.727 bits per heavy atom. The fourth-order valence-electron chi connectivity index (χ4n) is 6.87. The summed E-state index contributed by atoms with van der Waals surface area (Å²) in [4.78, 5) is 50.8. The van der Waals surface area contributed by atoms with Crippen LogP contribution >= 0.6 is 0 Å². The number of fused-ring (bicyclic) bond motifs is 3. The minimum atomic E-state index is -1.06. The average molecular weight is 822 g/mol. The van der Waals surface area contributed by atoms with Crippen LogP contribution in [0.5, 0.6) is 0 Å². The summed E-state index contributed by atoms with van der Waals surface area (Å²) in [5.74, 6) is -0.723. The Kier molecular flexibility index (Phi) is 21.6. The van der Waals surface area contributed by atoms with E-state index in [2.05, 4.69) is 18.6 Å². The minimum Gasteiger partial charge on any atom is -0.550 e. The largest absolute Gasteiger partial charge is 1.00 e. The van der Waals surface area contributed by atoms with Gasteiger partial charge >= 0.3 is 154 Å². The van der Waals surface area contributed by atoms with Crippen molar-refractivity contribution >= 4 is 51.0 Å². The summed E-state index contributed by atoms with van der Waals surface area (Å²) in [5.41, 5.74) is 5.43. The SMILES string of the molecule is O=C([O-])CCCCn1c(CN(Cc2nc3ccccc3n2CCCCC(=O)[O-])Cc2nc3ccccc3n2CCCCC(=O)[O-])nc2ccccc21.[K+].[K+].[K+]. The van der Waals surface area contributed by atoms with Gasteiger partial charge < -0.3 is 43.4 Å². The van der Waals surface area contributed by atoms with Crippen molar-refractivity contribution in [1.29, 1.82) is 0 Å². The first kappa shape index (κ1) is 48.7. The second-order valence-electron chi connectivity index (χ2n) is 13.1. The molecule has 0 unspecified atom stereocenters. The molecule has 55 heavy (non-hydrogen) atoms. The van der Waals surface area contributed by atoms with Crippen LogP contribution in [0.1, 0.15) is 75.3 Å². The third-order valence-electron chi connectivity index (χ3n) is 9.33. The molecule has 0 aliphatic rings. The van der Waals surface area contributed by atoms with Gasteiger partial charge in [0.05, 0.1) is 52.7 Å². The van der Waals surface area contributed by atoms with E-state index in [9.17, 15) is 29.7 Å². The molecule has 0 bridgehead atoms. The van der Waals surface area contributed by atoms with Crippen LogP contribution in [-0.4, -0.2) is 51.5 Å². The number of benzene rings is 3. The molecule has 272 valence electrons. The number of carboxylic acid groups (broad SMARTS) is 3. The predicted molar refractivity (Wildman–Crippen MR) is 189 cm³/mol. The summed E-state index contributed by atoms with van der Waals surface area (Å²) in [7, 11) is 0. The number of carbonyl (C=O) groups excluding carboxylic acids is 3. The number of aromatic nitrogens is 6. The normalized spacial score (nSPS) is 11.1. The van der Waals surface area contributed by atoms with Crippen LogP contribution in [0, 0.1) is 0 Å². The molecule has 0 saturated heterocycles. The number of nitrogens with zero attached hydrogens (tertiary/aromatic N) is 7. The molecule has 0 saturated carbocycles. The van der Waals surface area contributed by atoms with E-state index in [1.165, 1.54) is 0 Å². The van der Waals surface area contributed by atoms with Crippen molar-refractivity contribution in [2.75, 3.05) is 0 Å². The van der Waals surface area contributed by atoms with Crippen molar-refractivity contribution in [2.24, 2.45) is 0 Å². The van der Waals surface area contributed by atoms with E-state index in [-0.39, 0.29) is 173 Å². The fourth-order valence-corrected chi connectivity index (χ4v) is 6.87. The standard InChI is InChI=1S/C39H45N7O6.3K/c47-37(48)19-7-10-22-44-31-16-4-1-13-28(31)40-34(44)25-43(26-35-41-29-14-2-5-17-32(29)45(35)23-11-8-20-38(49)50)27-36-42-30-15-3-6-18-33(30)46(36)24-12-9-21-39(51)52;;;/h1-6,13-18H,7-12,19-27H2,(H,47,48)(H,49,50)(H,51,52);;;/q;3*+1/p-3. The maximum Gasteiger partial charge on any atom is 1.00 e. The number of unbranched alkanes of at least 4 members (excludes halogenated alkanes) is 3. The maximum atomic E-state index is 11.1. The van der Waals surface area contributed by atoms with Crippen LogP contribution in [-0.2, 0) is 53.7 Å². The van der Waals surface area contributed by atoms with Gasteiger partial charge in [-0.25, -0.2) is 15.0 Å². The molecule has 6 rings (SSSR count). The molecule has 3 aromatic carbocycles. The van der Waals surface area contributed by atoms with E-state index < -0.39 is 17.9 Å². The number of rotatable bonds is 21. The quantitative estimate of drug-likeness (QED) is 0.0502. The van der Waals surface area contributed by atoms with Gasteiger partial charge in [0.15, 0.2) is 0 Å². The molecule has 3 aromatic heterocycles. The zero-order valence-electron chi connectivity index (χ0n) is 32.1. The van der Waals surface area contributed by atoms with Crippen molar-refractivity contribution in [3.05, 3.63) is 90.3 Å². The molecule has 13 nitrogen and oxygen atoms in total. The molecule has 0 amide bonds. The Balaban J connectivity index is 0.00000271. The predicted octanol–water partition coefficient (Wildman–Crippen LogP) is -6.29.